The van der Waals surface area contributed by atoms with Gasteiger partial charge in [0.25, 0.3) is 0 Å². The fourth-order valence-corrected chi connectivity index (χ4v) is 2.92. The van der Waals surface area contributed by atoms with E-state index < -0.39 is 5.41 Å². The van der Waals surface area contributed by atoms with E-state index in [1.165, 1.54) is 0 Å². The lowest BCUT2D eigenvalue weighted by atomic mass is 9.92. The summed E-state index contributed by atoms with van der Waals surface area (Å²) in [7, 11) is 1.56. The Morgan fingerprint density at radius 2 is 2.10 bits per heavy atom. The summed E-state index contributed by atoms with van der Waals surface area (Å²) in [5, 5.41) is 0. The van der Waals surface area contributed by atoms with Gasteiger partial charge in [0, 0.05) is 25.4 Å². The minimum absolute atomic E-state index is 0.0251. The van der Waals surface area contributed by atoms with Crippen LogP contribution < -0.4 is 0 Å². The zero-order chi connectivity index (χ0) is 15.6. The Kier molecular flexibility index (Phi) is 4.88. The van der Waals surface area contributed by atoms with Gasteiger partial charge in [0.2, 0.25) is 0 Å². The zero-order valence-corrected chi connectivity index (χ0v) is 13.1. The highest BCUT2D eigenvalue weighted by Gasteiger charge is 2.51. The van der Waals surface area contributed by atoms with E-state index in [0.717, 1.165) is 0 Å². The molecule has 0 aromatic rings. The Morgan fingerprint density at radius 3 is 2.71 bits per heavy atom. The zero-order valence-electron chi connectivity index (χ0n) is 13.1. The summed E-state index contributed by atoms with van der Waals surface area (Å²) in [5.41, 5.74) is -0.539. The van der Waals surface area contributed by atoms with Gasteiger partial charge < -0.3 is 18.9 Å². The molecule has 2 fully saturated rings. The maximum absolute atomic E-state index is 11.9. The third-order valence-corrected chi connectivity index (χ3v) is 4.07. The SMILES string of the molecule is COCO[C@@H]1C[C@@H]2OC(=O)C[C@@H]2[C@H]1COC(=O)C(C)(C)C. The first-order valence-corrected chi connectivity index (χ1v) is 7.30. The van der Waals surface area contributed by atoms with Crippen LogP contribution >= 0.6 is 0 Å². The van der Waals surface area contributed by atoms with E-state index in [-0.39, 0.29) is 49.4 Å². The van der Waals surface area contributed by atoms with Crippen LogP contribution in [0.3, 0.4) is 0 Å². The fourth-order valence-electron chi connectivity index (χ4n) is 2.92. The molecule has 0 aromatic carbocycles. The monoisotopic (exact) mass is 300 g/mol. The Balaban J connectivity index is 1.97. The van der Waals surface area contributed by atoms with Crippen LogP contribution in [0.5, 0.6) is 0 Å². The van der Waals surface area contributed by atoms with E-state index in [4.69, 9.17) is 18.9 Å². The highest BCUT2D eigenvalue weighted by molar-refractivity contribution is 5.75. The van der Waals surface area contributed by atoms with Crippen molar-refractivity contribution < 1.29 is 28.5 Å². The molecule has 0 aromatic heterocycles. The molecule has 4 atom stereocenters. The van der Waals surface area contributed by atoms with Crippen molar-refractivity contribution in [2.24, 2.45) is 17.3 Å². The molecule has 6 heteroatoms. The predicted molar refractivity (Wildman–Crippen MR) is 73.3 cm³/mol. The lowest BCUT2D eigenvalue weighted by Crippen LogP contribution is -2.32. The molecule has 1 saturated carbocycles. The number of ether oxygens (including phenoxy) is 4. The molecule has 2 rings (SSSR count). The molecule has 120 valence electrons. The van der Waals surface area contributed by atoms with Gasteiger partial charge >= 0.3 is 11.9 Å². The summed E-state index contributed by atoms with van der Waals surface area (Å²) >= 11 is 0. The molecule has 0 bridgehead atoms. The van der Waals surface area contributed by atoms with Gasteiger partial charge in [-0.3, -0.25) is 9.59 Å². The normalized spacial score (nSPS) is 31.9. The molecule has 0 unspecified atom stereocenters. The first kappa shape index (κ1) is 16.2. The molecule has 1 aliphatic carbocycles. The predicted octanol–water partition coefficient (Wildman–Crippen LogP) is 1.52. The van der Waals surface area contributed by atoms with Crippen molar-refractivity contribution in [3.05, 3.63) is 0 Å². The van der Waals surface area contributed by atoms with Gasteiger partial charge in [-0.15, -0.1) is 0 Å². The van der Waals surface area contributed by atoms with Crippen molar-refractivity contribution in [1.29, 1.82) is 0 Å². The topological polar surface area (TPSA) is 71.1 Å². The minimum atomic E-state index is -0.539. The average Bonchev–Trinajstić information content (AvgIpc) is 2.88. The van der Waals surface area contributed by atoms with Crippen molar-refractivity contribution in [3.63, 3.8) is 0 Å². The molecule has 6 nitrogen and oxygen atoms in total. The third kappa shape index (κ3) is 3.74. The Morgan fingerprint density at radius 1 is 1.38 bits per heavy atom. The highest BCUT2D eigenvalue weighted by Crippen LogP contribution is 2.43. The summed E-state index contributed by atoms with van der Waals surface area (Å²) in [4.78, 5) is 23.3. The lowest BCUT2D eigenvalue weighted by molar-refractivity contribution is -0.158. The Labute approximate surface area is 125 Å². The van der Waals surface area contributed by atoms with Gasteiger partial charge in [-0.1, -0.05) is 0 Å². The number of methoxy groups -OCH3 is 1. The van der Waals surface area contributed by atoms with Crippen molar-refractivity contribution >= 4 is 11.9 Å². The summed E-state index contributed by atoms with van der Waals surface area (Å²) in [6.07, 6.45) is 0.769. The maximum Gasteiger partial charge on any atom is 0.311 e. The van der Waals surface area contributed by atoms with Crippen LogP contribution in [-0.4, -0.2) is 44.7 Å². The number of esters is 2. The third-order valence-electron chi connectivity index (χ3n) is 4.07. The second-order valence-electron chi connectivity index (χ2n) is 6.76. The maximum atomic E-state index is 11.9. The smallest absolute Gasteiger partial charge is 0.311 e. The first-order chi connectivity index (χ1) is 9.82. The van der Waals surface area contributed by atoms with Gasteiger partial charge in [0.05, 0.1) is 24.5 Å². The number of hydrogen-bond donors (Lipinski definition) is 0. The summed E-state index contributed by atoms with van der Waals surface area (Å²) in [6, 6.07) is 0. The second kappa shape index (κ2) is 6.32. The van der Waals surface area contributed by atoms with Crippen LogP contribution in [0.1, 0.15) is 33.6 Å². The number of fused-ring (bicyclic) bond motifs is 1. The molecule has 0 N–H and O–H groups in total. The fraction of sp³-hybridized carbons (Fsp3) is 0.867. The number of carbonyl (C=O) groups is 2. The number of rotatable bonds is 5. The van der Waals surface area contributed by atoms with E-state index in [2.05, 4.69) is 0 Å². The lowest BCUT2D eigenvalue weighted by Gasteiger charge is -2.24. The molecule has 1 aliphatic heterocycles. The van der Waals surface area contributed by atoms with Gasteiger partial charge in [0.15, 0.2) is 0 Å². The summed E-state index contributed by atoms with van der Waals surface area (Å²) in [6.45, 7) is 5.87. The van der Waals surface area contributed by atoms with E-state index in [1.807, 2.05) is 20.8 Å². The molecule has 1 saturated heterocycles. The minimum Gasteiger partial charge on any atom is -0.465 e. The van der Waals surface area contributed by atoms with Gasteiger partial charge in [-0.2, -0.15) is 0 Å². The Bertz CT molecular complexity index is 399. The molecule has 2 aliphatic rings. The Hall–Kier alpha value is -1.14. The summed E-state index contributed by atoms with van der Waals surface area (Å²) in [5.74, 6) is -0.390. The van der Waals surface area contributed by atoms with Crippen molar-refractivity contribution in [2.75, 3.05) is 20.5 Å². The molecule has 1 heterocycles. The van der Waals surface area contributed by atoms with Crippen LogP contribution in [0, 0.1) is 17.3 Å². The number of carbonyl (C=O) groups excluding carboxylic acids is 2. The van der Waals surface area contributed by atoms with Crippen molar-refractivity contribution in [3.8, 4) is 0 Å². The molecule has 0 amide bonds. The van der Waals surface area contributed by atoms with Crippen LogP contribution in [-0.2, 0) is 28.5 Å². The summed E-state index contributed by atoms with van der Waals surface area (Å²) < 4.78 is 21.3. The van der Waals surface area contributed by atoms with Gasteiger partial charge in [0.1, 0.15) is 12.9 Å². The molecule has 0 radical (unpaired) electrons. The second-order valence-corrected chi connectivity index (χ2v) is 6.76. The first-order valence-electron chi connectivity index (χ1n) is 7.30. The van der Waals surface area contributed by atoms with E-state index >= 15 is 0 Å². The standard InChI is InChI=1S/C15H24O6/c1-15(2,3)14(17)19-7-10-9-5-13(16)21-12(9)6-11(10)20-8-18-4/h9-12H,5-8H2,1-4H3/t9-,10-,11-,12+/m1/s1. The average molecular weight is 300 g/mol. The molecule has 21 heavy (non-hydrogen) atoms. The number of hydrogen-bond acceptors (Lipinski definition) is 6. The van der Waals surface area contributed by atoms with Crippen molar-refractivity contribution in [1.82, 2.24) is 0 Å². The van der Waals surface area contributed by atoms with Crippen molar-refractivity contribution in [2.45, 2.75) is 45.8 Å². The molecule has 0 spiro atoms. The largest absolute Gasteiger partial charge is 0.465 e. The van der Waals surface area contributed by atoms with E-state index in [9.17, 15) is 9.59 Å². The quantitative estimate of drug-likeness (QED) is 0.566. The van der Waals surface area contributed by atoms with Crippen LogP contribution in [0.15, 0.2) is 0 Å². The molecular weight excluding hydrogens is 276 g/mol. The van der Waals surface area contributed by atoms with Gasteiger partial charge in [-0.05, 0) is 20.8 Å². The van der Waals surface area contributed by atoms with E-state index in [0.29, 0.717) is 12.8 Å². The highest BCUT2D eigenvalue weighted by atomic mass is 16.7. The van der Waals surface area contributed by atoms with Gasteiger partial charge in [-0.25, -0.2) is 0 Å². The van der Waals surface area contributed by atoms with Crippen LogP contribution in [0.25, 0.3) is 0 Å². The molecular formula is C15H24O6. The van der Waals surface area contributed by atoms with E-state index in [1.54, 1.807) is 7.11 Å². The van der Waals surface area contributed by atoms with Crippen LogP contribution in [0.2, 0.25) is 0 Å². The van der Waals surface area contributed by atoms with Crippen LogP contribution in [0.4, 0.5) is 0 Å².